The van der Waals surface area contributed by atoms with Crippen LogP contribution in [0.15, 0.2) is 54.6 Å². The summed E-state index contributed by atoms with van der Waals surface area (Å²) in [5.41, 5.74) is 0.957. The van der Waals surface area contributed by atoms with E-state index in [-0.39, 0.29) is 24.5 Å². The molecule has 0 heterocycles. The van der Waals surface area contributed by atoms with E-state index in [2.05, 4.69) is 10.6 Å². The van der Waals surface area contributed by atoms with E-state index in [1.165, 1.54) is 32.1 Å². The molecular formula is C32H47N3O5S2. The van der Waals surface area contributed by atoms with Gasteiger partial charge in [0.05, 0.1) is 19.3 Å². The molecule has 2 amide bonds. The summed E-state index contributed by atoms with van der Waals surface area (Å²) in [6.07, 6.45) is 8.28. The van der Waals surface area contributed by atoms with Crippen molar-refractivity contribution in [3.63, 3.8) is 0 Å². The van der Waals surface area contributed by atoms with E-state index in [0.29, 0.717) is 37.2 Å². The van der Waals surface area contributed by atoms with Gasteiger partial charge in [-0.25, -0.2) is 0 Å². The Kier molecular flexibility index (Phi) is 16.2. The van der Waals surface area contributed by atoms with E-state index in [4.69, 9.17) is 14.2 Å². The highest BCUT2D eigenvalue weighted by atomic mass is 32.2. The molecule has 10 heteroatoms. The van der Waals surface area contributed by atoms with Crippen LogP contribution >= 0.6 is 23.5 Å². The number of nitrogens with zero attached hydrogens (tertiary/aromatic N) is 1. The monoisotopic (exact) mass is 617 g/mol. The molecule has 1 aliphatic carbocycles. The fraction of sp³-hybridized carbons (Fsp3) is 0.562. The second-order valence-electron chi connectivity index (χ2n) is 10.7. The number of amides is 2. The molecule has 0 aromatic heterocycles. The maximum Gasteiger partial charge on any atom is 0.243 e. The minimum absolute atomic E-state index is 0.135. The van der Waals surface area contributed by atoms with Crippen LogP contribution in [0, 0.1) is 5.92 Å². The van der Waals surface area contributed by atoms with Gasteiger partial charge >= 0.3 is 0 Å². The lowest BCUT2D eigenvalue weighted by molar-refractivity contribution is -0.129. The Morgan fingerprint density at radius 2 is 1.71 bits per heavy atom. The number of rotatable bonds is 19. The molecule has 0 saturated heterocycles. The molecule has 2 aromatic carbocycles. The van der Waals surface area contributed by atoms with Crippen molar-refractivity contribution in [2.75, 3.05) is 57.6 Å². The van der Waals surface area contributed by atoms with Gasteiger partial charge < -0.3 is 24.8 Å². The predicted molar refractivity (Wildman–Crippen MR) is 173 cm³/mol. The first kappa shape index (κ1) is 34.3. The summed E-state index contributed by atoms with van der Waals surface area (Å²) in [7, 11) is 3.29. The normalized spacial score (nSPS) is 15.2. The van der Waals surface area contributed by atoms with Crippen molar-refractivity contribution in [1.29, 1.82) is 0 Å². The average Bonchev–Trinajstić information content (AvgIpc) is 3.01. The van der Waals surface area contributed by atoms with Crippen LogP contribution in [0.1, 0.15) is 37.7 Å². The van der Waals surface area contributed by atoms with Crippen molar-refractivity contribution in [2.24, 2.45) is 5.92 Å². The summed E-state index contributed by atoms with van der Waals surface area (Å²) in [4.78, 5) is 28.5. The molecular weight excluding hydrogens is 571 g/mol. The van der Waals surface area contributed by atoms with Gasteiger partial charge in [-0.2, -0.15) is 11.8 Å². The number of carbonyl (C=O) groups is 2. The van der Waals surface area contributed by atoms with Gasteiger partial charge in [-0.15, -0.1) is 11.8 Å². The fourth-order valence-electron chi connectivity index (χ4n) is 4.96. The number of nitrogens with one attached hydrogen (secondary N) is 2. The molecule has 1 fully saturated rings. The molecule has 1 aliphatic rings. The SMILES string of the molecule is COCC(CN(CSC)CC(=O)N[C@@H](CSCC1CCCCC1)C(=O)NCc1ccc(Oc2ccccc2)cc1)OC. The average molecular weight is 618 g/mol. The van der Waals surface area contributed by atoms with E-state index in [1.807, 2.05) is 65.8 Å². The number of benzene rings is 2. The van der Waals surface area contributed by atoms with E-state index in [9.17, 15) is 9.59 Å². The van der Waals surface area contributed by atoms with Crippen LogP contribution in [-0.2, 0) is 25.6 Å². The van der Waals surface area contributed by atoms with Crippen LogP contribution in [0.5, 0.6) is 11.5 Å². The Balaban J connectivity index is 1.56. The minimum Gasteiger partial charge on any atom is -0.457 e. The highest BCUT2D eigenvalue weighted by Gasteiger charge is 2.24. The van der Waals surface area contributed by atoms with Crippen molar-refractivity contribution in [2.45, 2.75) is 50.8 Å². The van der Waals surface area contributed by atoms with Crippen molar-refractivity contribution in [1.82, 2.24) is 15.5 Å². The van der Waals surface area contributed by atoms with Crippen LogP contribution in [0.4, 0.5) is 0 Å². The molecule has 0 spiro atoms. The molecule has 1 unspecified atom stereocenters. The zero-order valence-electron chi connectivity index (χ0n) is 25.2. The first-order valence-electron chi connectivity index (χ1n) is 14.7. The Morgan fingerprint density at radius 1 is 1.00 bits per heavy atom. The maximum atomic E-state index is 13.3. The third-order valence-corrected chi connectivity index (χ3v) is 9.11. The minimum atomic E-state index is -0.611. The summed E-state index contributed by atoms with van der Waals surface area (Å²) in [6, 6.07) is 16.7. The highest BCUT2D eigenvalue weighted by Crippen LogP contribution is 2.27. The summed E-state index contributed by atoms with van der Waals surface area (Å²) in [5.74, 6) is 4.11. The Morgan fingerprint density at radius 3 is 2.38 bits per heavy atom. The van der Waals surface area contributed by atoms with Crippen molar-refractivity contribution >= 4 is 35.3 Å². The van der Waals surface area contributed by atoms with E-state index in [0.717, 1.165) is 22.8 Å². The fourth-order valence-corrected chi connectivity index (χ4v) is 6.79. The van der Waals surface area contributed by atoms with Gasteiger partial charge in [0.1, 0.15) is 17.5 Å². The van der Waals surface area contributed by atoms with Gasteiger partial charge in [-0.3, -0.25) is 14.5 Å². The molecule has 3 rings (SSSR count). The summed E-state index contributed by atoms with van der Waals surface area (Å²) < 4.78 is 16.6. The lowest BCUT2D eigenvalue weighted by Crippen LogP contribution is -2.51. The van der Waals surface area contributed by atoms with E-state index < -0.39 is 6.04 Å². The Bertz CT molecular complexity index is 1040. The molecule has 2 atom stereocenters. The maximum absolute atomic E-state index is 13.3. The van der Waals surface area contributed by atoms with Gasteiger partial charge in [-0.1, -0.05) is 49.6 Å². The summed E-state index contributed by atoms with van der Waals surface area (Å²) in [6.45, 7) is 1.57. The highest BCUT2D eigenvalue weighted by molar-refractivity contribution is 7.99. The molecule has 0 radical (unpaired) electrons. The topological polar surface area (TPSA) is 89.1 Å². The third kappa shape index (κ3) is 13.0. The smallest absolute Gasteiger partial charge is 0.243 e. The molecule has 0 bridgehead atoms. The first-order valence-corrected chi connectivity index (χ1v) is 17.2. The summed E-state index contributed by atoms with van der Waals surface area (Å²) >= 11 is 3.41. The number of ether oxygens (including phenoxy) is 3. The lowest BCUT2D eigenvalue weighted by atomic mass is 9.91. The number of para-hydroxylation sites is 1. The Labute approximate surface area is 260 Å². The molecule has 2 N–H and O–H groups in total. The zero-order valence-corrected chi connectivity index (χ0v) is 26.9. The van der Waals surface area contributed by atoms with Gasteiger partial charge in [0.25, 0.3) is 0 Å². The third-order valence-electron chi connectivity index (χ3n) is 7.21. The molecule has 0 aliphatic heterocycles. The lowest BCUT2D eigenvalue weighted by Gasteiger charge is -2.27. The van der Waals surface area contributed by atoms with Gasteiger partial charge in [-0.05, 0) is 60.6 Å². The standard InChI is InChI=1S/C32H47N3O5S2/c1-38-21-29(39-2)19-35(24-41-3)20-31(36)34-30(23-42-22-26-10-6-4-7-11-26)32(37)33-18-25-14-16-28(17-15-25)40-27-12-8-5-9-13-27/h5,8-9,12-17,26,29-30H,4,6-7,10-11,18-24H2,1-3H3,(H,33,37)(H,34,36)/t29?,30-/m0/s1. The van der Waals surface area contributed by atoms with Crippen molar-refractivity contribution in [3.05, 3.63) is 60.2 Å². The van der Waals surface area contributed by atoms with Crippen molar-refractivity contribution < 1.29 is 23.8 Å². The molecule has 232 valence electrons. The quantitative estimate of drug-likeness (QED) is 0.209. The number of hydrogen-bond acceptors (Lipinski definition) is 8. The first-order chi connectivity index (χ1) is 20.5. The predicted octanol–water partition coefficient (Wildman–Crippen LogP) is 5.18. The van der Waals surface area contributed by atoms with Crippen molar-refractivity contribution in [3.8, 4) is 11.5 Å². The van der Waals surface area contributed by atoms with Gasteiger partial charge in [0.15, 0.2) is 0 Å². The number of hydrogen-bond donors (Lipinski definition) is 2. The van der Waals surface area contributed by atoms with E-state index >= 15 is 0 Å². The zero-order chi connectivity index (χ0) is 30.0. The number of methoxy groups -OCH3 is 2. The van der Waals surface area contributed by atoms with Crippen LogP contribution in [0.25, 0.3) is 0 Å². The largest absolute Gasteiger partial charge is 0.457 e. The second kappa shape index (κ2) is 19.9. The van der Waals surface area contributed by atoms with Crippen LogP contribution in [-0.4, -0.2) is 86.4 Å². The van der Waals surface area contributed by atoms with Crippen LogP contribution in [0.3, 0.4) is 0 Å². The molecule has 42 heavy (non-hydrogen) atoms. The molecule has 1 saturated carbocycles. The van der Waals surface area contributed by atoms with Gasteiger partial charge in [0, 0.05) is 38.9 Å². The molecule has 2 aromatic rings. The van der Waals surface area contributed by atoms with Crippen LogP contribution < -0.4 is 15.4 Å². The Hall–Kier alpha value is -2.24. The number of carbonyl (C=O) groups excluding carboxylic acids is 2. The second-order valence-corrected chi connectivity index (χ2v) is 12.6. The number of thioether (sulfide) groups is 2. The van der Waals surface area contributed by atoms with Gasteiger partial charge in [0.2, 0.25) is 11.8 Å². The molecule has 8 nitrogen and oxygen atoms in total. The summed E-state index contributed by atoms with van der Waals surface area (Å²) in [5, 5.41) is 6.06. The van der Waals surface area contributed by atoms with E-state index in [1.54, 1.807) is 37.7 Å². The van der Waals surface area contributed by atoms with Crippen LogP contribution in [0.2, 0.25) is 0 Å².